The lowest BCUT2D eigenvalue weighted by Gasteiger charge is -2.22. The Kier molecular flexibility index (Phi) is 6.55. The van der Waals surface area contributed by atoms with Gasteiger partial charge in [-0.15, -0.1) is 0 Å². The topological polar surface area (TPSA) is 58.2 Å². The molecule has 2 N–H and O–H groups in total. The summed E-state index contributed by atoms with van der Waals surface area (Å²) in [6.45, 7) is 1.74. The van der Waals surface area contributed by atoms with E-state index >= 15 is 0 Å². The summed E-state index contributed by atoms with van der Waals surface area (Å²) >= 11 is 0. The standard InChI is InChI=1S/C11H21F3N2O2S/c12-11(13,14)5-1-2-6-16-19(17,18)9-10-3-7-15-8-4-10/h10,15-16H,1-9H2. The van der Waals surface area contributed by atoms with Crippen molar-refractivity contribution in [2.75, 3.05) is 25.4 Å². The maximum atomic E-state index is 11.9. The van der Waals surface area contributed by atoms with Crippen molar-refractivity contribution in [1.29, 1.82) is 0 Å². The first kappa shape index (κ1) is 16.7. The molecule has 0 unspecified atom stereocenters. The van der Waals surface area contributed by atoms with Crippen molar-refractivity contribution in [3.8, 4) is 0 Å². The van der Waals surface area contributed by atoms with Gasteiger partial charge in [0.05, 0.1) is 5.75 Å². The maximum absolute atomic E-state index is 11.9. The molecule has 1 saturated heterocycles. The Hall–Kier alpha value is -0.340. The molecule has 0 aromatic heterocycles. The summed E-state index contributed by atoms with van der Waals surface area (Å²) in [5, 5.41) is 3.15. The van der Waals surface area contributed by atoms with E-state index < -0.39 is 22.6 Å². The van der Waals surface area contributed by atoms with Crippen LogP contribution in [0.5, 0.6) is 0 Å². The quantitative estimate of drug-likeness (QED) is 0.703. The van der Waals surface area contributed by atoms with Gasteiger partial charge in [0.1, 0.15) is 0 Å². The highest BCUT2D eigenvalue weighted by molar-refractivity contribution is 7.89. The fraction of sp³-hybridized carbons (Fsp3) is 1.00. The van der Waals surface area contributed by atoms with Gasteiger partial charge in [-0.25, -0.2) is 13.1 Å². The maximum Gasteiger partial charge on any atom is 0.389 e. The molecule has 0 amide bonds. The smallest absolute Gasteiger partial charge is 0.317 e. The molecule has 0 aliphatic carbocycles. The predicted molar refractivity (Wildman–Crippen MR) is 67.3 cm³/mol. The molecule has 0 aromatic rings. The summed E-state index contributed by atoms with van der Waals surface area (Å²) in [5.41, 5.74) is 0. The van der Waals surface area contributed by atoms with Crippen molar-refractivity contribution in [2.45, 2.75) is 38.3 Å². The lowest BCUT2D eigenvalue weighted by Crippen LogP contribution is -2.36. The molecule has 0 atom stereocenters. The number of hydrogen-bond acceptors (Lipinski definition) is 3. The minimum Gasteiger partial charge on any atom is -0.317 e. The van der Waals surface area contributed by atoms with Crippen molar-refractivity contribution in [3.05, 3.63) is 0 Å². The third-order valence-electron chi connectivity index (χ3n) is 3.12. The van der Waals surface area contributed by atoms with Crippen LogP contribution in [0.15, 0.2) is 0 Å². The van der Waals surface area contributed by atoms with Crippen LogP contribution in [-0.2, 0) is 10.0 Å². The van der Waals surface area contributed by atoms with Gasteiger partial charge in [-0.05, 0) is 44.7 Å². The largest absolute Gasteiger partial charge is 0.389 e. The highest BCUT2D eigenvalue weighted by Gasteiger charge is 2.26. The molecule has 1 aliphatic rings. The summed E-state index contributed by atoms with van der Waals surface area (Å²) < 4.78 is 61.4. The van der Waals surface area contributed by atoms with E-state index in [0.717, 1.165) is 25.9 Å². The zero-order valence-electron chi connectivity index (χ0n) is 10.8. The van der Waals surface area contributed by atoms with Crippen LogP contribution in [0.4, 0.5) is 13.2 Å². The summed E-state index contributed by atoms with van der Waals surface area (Å²) in [7, 11) is -3.36. The second kappa shape index (κ2) is 7.44. The number of nitrogens with one attached hydrogen (secondary N) is 2. The number of alkyl halides is 3. The van der Waals surface area contributed by atoms with Gasteiger partial charge in [0.15, 0.2) is 0 Å². The van der Waals surface area contributed by atoms with Crippen LogP contribution in [-0.4, -0.2) is 40.0 Å². The molecule has 114 valence electrons. The first-order chi connectivity index (χ1) is 8.79. The Bertz CT molecular complexity index is 351. The van der Waals surface area contributed by atoms with Crippen LogP contribution in [0, 0.1) is 5.92 Å². The van der Waals surface area contributed by atoms with Crippen LogP contribution in [0.3, 0.4) is 0 Å². The van der Waals surface area contributed by atoms with Crippen LogP contribution < -0.4 is 10.0 Å². The summed E-state index contributed by atoms with van der Waals surface area (Å²) in [4.78, 5) is 0. The highest BCUT2D eigenvalue weighted by Crippen LogP contribution is 2.22. The monoisotopic (exact) mass is 302 g/mol. The molecule has 0 bridgehead atoms. The van der Waals surface area contributed by atoms with E-state index in [1.54, 1.807) is 0 Å². The second-order valence-corrected chi connectivity index (χ2v) is 6.79. The van der Waals surface area contributed by atoms with E-state index in [0.29, 0.717) is 0 Å². The molecule has 1 rings (SSSR count). The zero-order chi connectivity index (χ0) is 14.4. The predicted octanol–water partition coefficient (Wildman–Crippen LogP) is 1.64. The lowest BCUT2D eigenvalue weighted by atomic mass is 10.0. The first-order valence-electron chi connectivity index (χ1n) is 6.53. The summed E-state index contributed by atoms with van der Waals surface area (Å²) in [6.07, 6.45) is -3.19. The average molecular weight is 302 g/mol. The zero-order valence-corrected chi connectivity index (χ0v) is 11.6. The van der Waals surface area contributed by atoms with E-state index in [4.69, 9.17) is 0 Å². The number of sulfonamides is 1. The minimum absolute atomic E-state index is 0.0423. The fourth-order valence-electron chi connectivity index (χ4n) is 2.10. The van der Waals surface area contributed by atoms with Gasteiger partial charge < -0.3 is 5.32 Å². The fourth-order valence-corrected chi connectivity index (χ4v) is 3.62. The highest BCUT2D eigenvalue weighted by atomic mass is 32.2. The van der Waals surface area contributed by atoms with Crippen molar-refractivity contribution >= 4 is 10.0 Å². The second-order valence-electron chi connectivity index (χ2n) is 4.94. The molecule has 4 nitrogen and oxygen atoms in total. The number of piperidine rings is 1. The Morgan fingerprint density at radius 2 is 1.79 bits per heavy atom. The SMILES string of the molecule is O=S(=O)(CC1CCNCC1)NCCCCC(F)(F)F. The van der Waals surface area contributed by atoms with E-state index in [-0.39, 0.29) is 31.1 Å². The molecule has 0 radical (unpaired) electrons. The minimum atomic E-state index is -4.16. The molecule has 0 aromatic carbocycles. The van der Waals surface area contributed by atoms with Gasteiger partial charge in [0, 0.05) is 13.0 Å². The molecule has 1 aliphatic heterocycles. The third kappa shape index (κ3) is 8.43. The molecule has 19 heavy (non-hydrogen) atoms. The molecular weight excluding hydrogens is 281 g/mol. The van der Waals surface area contributed by atoms with Crippen LogP contribution in [0.2, 0.25) is 0 Å². The van der Waals surface area contributed by atoms with Gasteiger partial charge in [-0.2, -0.15) is 13.2 Å². The molecule has 8 heteroatoms. The number of rotatable bonds is 7. The molecule has 1 heterocycles. The van der Waals surface area contributed by atoms with E-state index in [1.165, 1.54) is 0 Å². The van der Waals surface area contributed by atoms with Crippen molar-refractivity contribution in [2.24, 2.45) is 5.92 Å². The number of halogens is 3. The van der Waals surface area contributed by atoms with E-state index in [2.05, 4.69) is 10.0 Å². The number of unbranched alkanes of at least 4 members (excludes halogenated alkanes) is 1. The average Bonchev–Trinajstić information content (AvgIpc) is 2.27. The molecule has 0 spiro atoms. The Balaban J connectivity index is 2.16. The Labute approximate surface area is 112 Å². The Morgan fingerprint density at radius 1 is 1.16 bits per heavy atom. The first-order valence-corrected chi connectivity index (χ1v) is 8.18. The summed E-state index contributed by atoms with van der Waals surface area (Å²) in [6, 6.07) is 0. The van der Waals surface area contributed by atoms with Gasteiger partial charge in [0.2, 0.25) is 10.0 Å². The molecular formula is C11H21F3N2O2S. The number of hydrogen-bond donors (Lipinski definition) is 2. The Morgan fingerprint density at radius 3 is 2.37 bits per heavy atom. The van der Waals surface area contributed by atoms with E-state index in [1.807, 2.05) is 0 Å². The van der Waals surface area contributed by atoms with Crippen molar-refractivity contribution < 1.29 is 21.6 Å². The molecule has 1 fully saturated rings. The van der Waals surface area contributed by atoms with Crippen LogP contribution in [0.25, 0.3) is 0 Å². The van der Waals surface area contributed by atoms with Crippen molar-refractivity contribution in [3.63, 3.8) is 0 Å². The van der Waals surface area contributed by atoms with Gasteiger partial charge in [0.25, 0.3) is 0 Å². The van der Waals surface area contributed by atoms with Gasteiger partial charge >= 0.3 is 6.18 Å². The normalized spacial score (nSPS) is 18.7. The summed E-state index contributed by atoms with van der Waals surface area (Å²) in [5.74, 6) is 0.224. The lowest BCUT2D eigenvalue weighted by molar-refractivity contribution is -0.135. The van der Waals surface area contributed by atoms with Crippen LogP contribution >= 0.6 is 0 Å². The van der Waals surface area contributed by atoms with Crippen LogP contribution in [0.1, 0.15) is 32.1 Å². The van der Waals surface area contributed by atoms with Gasteiger partial charge in [-0.1, -0.05) is 0 Å². The third-order valence-corrected chi connectivity index (χ3v) is 4.68. The van der Waals surface area contributed by atoms with Crippen molar-refractivity contribution in [1.82, 2.24) is 10.0 Å². The van der Waals surface area contributed by atoms with E-state index in [9.17, 15) is 21.6 Å². The molecule has 0 saturated carbocycles. The van der Waals surface area contributed by atoms with Gasteiger partial charge in [-0.3, -0.25) is 0 Å².